The van der Waals surface area contributed by atoms with E-state index in [9.17, 15) is 13.2 Å². The third-order valence-electron chi connectivity index (χ3n) is 2.42. The predicted molar refractivity (Wildman–Crippen MR) is 69.7 cm³/mol. The van der Waals surface area contributed by atoms with E-state index in [1.807, 2.05) is 0 Å². The molecule has 0 aromatic heterocycles. The highest BCUT2D eigenvalue weighted by Gasteiger charge is 2.15. The summed E-state index contributed by atoms with van der Waals surface area (Å²) in [7, 11) is -3.49. The zero-order chi connectivity index (χ0) is 14.5. The van der Waals surface area contributed by atoms with E-state index in [1.54, 1.807) is 6.92 Å². The highest BCUT2D eigenvalue weighted by atomic mass is 32.2. The van der Waals surface area contributed by atoms with Crippen LogP contribution in [-0.4, -0.2) is 38.0 Å². The molecule has 1 rings (SSSR count). The molecule has 1 aromatic rings. The van der Waals surface area contributed by atoms with E-state index in [-0.39, 0.29) is 22.8 Å². The zero-order valence-corrected chi connectivity index (χ0v) is 11.2. The number of terminal acetylenes is 1. The summed E-state index contributed by atoms with van der Waals surface area (Å²) in [5, 5.41) is 8.72. The highest BCUT2D eigenvalue weighted by Crippen LogP contribution is 2.12. The molecule has 0 radical (unpaired) electrons. The fraction of sp³-hybridized carbons (Fsp3) is 0.308. The maximum atomic E-state index is 11.9. The number of benzene rings is 1. The maximum absolute atomic E-state index is 11.9. The van der Waals surface area contributed by atoms with Crippen LogP contribution >= 0.6 is 0 Å². The standard InChI is InChI=1S/C13H14O5S/c1-3-10(2)18-8-9-19(16,17)12-6-4-11(5-7-12)13(14)15/h1,4-7,10H,8-9H2,2H3,(H,14,15). The van der Waals surface area contributed by atoms with Crippen LogP contribution in [0.4, 0.5) is 0 Å². The Balaban J connectivity index is 2.72. The minimum atomic E-state index is -3.49. The smallest absolute Gasteiger partial charge is 0.335 e. The van der Waals surface area contributed by atoms with Crippen LogP contribution in [0.2, 0.25) is 0 Å². The van der Waals surface area contributed by atoms with Gasteiger partial charge in [-0.1, -0.05) is 5.92 Å². The molecule has 1 aromatic carbocycles. The first kappa shape index (κ1) is 15.2. The molecule has 0 bridgehead atoms. The number of sulfone groups is 1. The molecule has 102 valence electrons. The topological polar surface area (TPSA) is 80.7 Å². The number of carboxylic acid groups (broad SMARTS) is 1. The van der Waals surface area contributed by atoms with Gasteiger partial charge in [0.25, 0.3) is 0 Å². The van der Waals surface area contributed by atoms with Crippen molar-refractivity contribution in [3.05, 3.63) is 29.8 Å². The minimum absolute atomic E-state index is 0.00557. The molecule has 19 heavy (non-hydrogen) atoms. The van der Waals surface area contributed by atoms with Crippen molar-refractivity contribution in [1.29, 1.82) is 0 Å². The molecule has 0 saturated heterocycles. The molecule has 0 amide bonds. The average Bonchev–Trinajstić information content (AvgIpc) is 2.38. The quantitative estimate of drug-likeness (QED) is 0.793. The van der Waals surface area contributed by atoms with Crippen LogP contribution in [0.3, 0.4) is 0 Å². The summed E-state index contributed by atoms with van der Waals surface area (Å²) in [6.45, 7) is 1.64. The molecule has 0 aliphatic carbocycles. The Morgan fingerprint density at radius 1 is 1.42 bits per heavy atom. The predicted octanol–water partition coefficient (Wildman–Crippen LogP) is 1.20. The second-order valence-electron chi connectivity index (χ2n) is 3.83. The van der Waals surface area contributed by atoms with Crippen LogP contribution in [-0.2, 0) is 14.6 Å². The van der Waals surface area contributed by atoms with Gasteiger partial charge >= 0.3 is 5.97 Å². The summed E-state index contributed by atoms with van der Waals surface area (Å²) < 4.78 is 28.9. The molecule has 0 aliphatic rings. The van der Waals surface area contributed by atoms with E-state index in [0.29, 0.717) is 0 Å². The average molecular weight is 282 g/mol. The van der Waals surface area contributed by atoms with Crippen molar-refractivity contribution < 1.29 is 23.1 Å². The largest absolute Gasteiger partial charge is 0.478 e. The van der Waals surface area contributed by atoms with Gasteiger partial charge in [0.15, 0.2) is 9.84 Å². The molecule has 6 heteroatoms. The van der Waals surface area contributed by atoms with Gasteiger partial charge in [-0.05, 0) is 31.2 Å². The monoisotopic (exact) mass is 282 g/mol. The first-order chi connectivity index (χ1) is 8.86. The number of ether oxygens (including phenoxy) is 1. The van der Waals surface area contributed by atoms with Crippen molar-refractivity contribution in [1.82, 2.24) is 0 Å². The lowest BCUT2D eigenvalue weighted by Gasteiger charge is -2.08. The van der Waals surface area contributed by atoms with Crippen LogP contribution in [0, 0.1) is 12.3 Å². The molecule has 1 N–H and O–H groups in total. The van der Waals surface area contributed by atoms with Crippen molar-refractivity contribution in [2.24, 2.45) is 0 Å². The van der Waals surface area contributed by atoms with Crippen molar-refractivity contribution in [3.63, 3.8) is 0 Å². The van der Waals surface area contributed by atoms with Gasteiger partial charge < -0.3 is 9.84 Å². The van der Waals surface area contributed by atoms with E-state index < -0.39 is 21.9 Å². The van der Waals surface area contributed by atoms with Crippen LogP contribution in [0.1, 0.15) is 17.3 Å². The third kappa shape index (κ3) is 4.39. The fourth-order valence-corrected chi connectivity index (χ4v) is 2.41. The number of aromatic carboxylic acids is 1. The minimum Gasteiger partial charge on any atom is -0.478 e. The summed E-state index contributed by atoms with van der Waals surface area (Å²) in [5.74, 6) is 1.02. The van der Waals surface area contributed by atoms with E-state index in [1.165, 1.54) is 24.3 Å². The van der Waals surface area contributed by atoms with Crippen molar-refractivity contribution in [2.45, 2.75) is 17.9 Å². The van der Waals surface area contributed by atoms with Crippen LogP contribution in [0.15, 0.2) is 29.2 Å². The van der Waals surface area contributed by atoms with Gasteiger partial charge in [0.1, 0.15) is 6.10 Å². The molecule has 1 atom stereocenters. The number of carboxylic acids is 1. The van der Waals surface area contributed by atoms with Gasteiger partial charge in [-0.2, -0.15) is 0 Å². The van der Waals surface area contributed by atoms with Gasteiger partial charge in [-0.25, -0.2) is 13.2 Å². The first-order valence-corrected chi connectivity index (χ1v) is 7.16. The number of hydrogen-bond acceptors (Lipinski definition) is 4. The number of rotatable bonds is 6. The van der Waals surface area contributed by atoms with Gasteiger partial charge in [-0.3, -0.25) is 0 Å². The summed E-state index contributed by atoms with van der Waals surface area (Å²) in [6, 6.07) is 5.03. The molecular weight excluding hydrogens is 268 g/mol. The Morgan fingerprint density at radius 3 is 2.47 bits per heavy atom. The second-order valence-corrected chi connectivity index (χ2v) is 5.94. The van der Waals surface area contributed by atoms with Gasteiger partial charge in [0.05, 0.1) is 22.8 Å². The molecule has 0 spiro atoms. The van der Waals surface area contributed by atoms with E-state index >= 15 is 0 Å². The third-order valence-corrected chi connectivity index (χ3v) is 4.11. The molecule has 1 unspecified atom stereocenters. The molecule has 5 nitrogen and oxygen atoms in total. The van der Waals surface area contributed by atoms with Crippen molar-refractivity contribution in [3.8, 4) is 12.3 Å². The van der Waals surface area contributed by atoms with E-state index in [0.717, 1.165) is 0 Å². The Bertz CT molecular complexity index is 580. The molecule has 0 saturated carbocycles. The summed E-state index contributed by atoms with van der Waals surface area (Å²) in [6.07, 6.45) is 4.66. The molecular formula is C13H14O5S. The normalized spacial score (nSPS) is 12.6. The number of hydrogen-bond donors (Lipinski definition) is 1. The highest BCUT2D eigenvalue weighted by molar-refractivity contribution is 7.91. The van der Waals surface area contributed by atoms with Crippen LogP contribution in [0.25, 0.3) is 0 Å². The summed E-state index contributed by atoms with van der Waals surface area (Å²) in [4.78, 5) is 10.7. The van der Waals surface area contributed by atoms with Crippen molar-refractivity contribution >= 4 is 15.8 Å². The number of carbonyl (C=O) groups is 1. The Hall–Kier alpha value is -1.84. The van der Waals surface area contributed by atoms with Gasteiger partial charge in [0, 0.05) is 0 Å². The van der Waals surface area contributed by atoms with Crippen LogP contribution in [0.5, 0.6) is 0 Å². The lowest BCUT2D eigenvalue weighted by molar-refractivity contribution is 0.0696. The Morgan fingerprint density at radius 2 is 2.00 bits per heavy atom. The van der Waals surface area contributed by atoms with Crippen LogP contribution < -0.4 is 0 Å². The summed E-state index contributed by atoms with van der Waals surface area (Å²) in [5.41, 5.74) is 0.0381. The van der Waals surface area contributed by atoms with Gasteiger partial charge in [-0.15, -0.1) is 6.42 Å². The molecule has 0 heterocycles. The summed E-state index contributed by atoms with van der Waals surface area (Å²) >= 11 is 0. The molecule has 0 aliphatic heterocycles. The lowest BCUT2D eigenvalue weighted by Crippen LogP contribution is -2.16. The Kier molecular flexibility index (Phi) is 5.10. The fourth-order valence-electron chi connectivity index (χ4n) is 1.31. The Labute approximate surface area is 112 Å². The zero-order valence-electron chi connectivity index (χ0n) is 10.4. The van der Waals surface area contributed by atoms with Gasteiger partial charge in [0.2, 0.25) is 0 Å². The maximum Gasteiger partial charge on any atom is 0.335 e. The molecule has 0 fully saturated rings. The lowest BCUT2D eigenvalue weighted by atomic mass is 10.2. The first-order valence-electron chi connectivity index (χ1n) is 5.50. The van der Waals surface area contributed by atoms with E-state index in [2.05, 4.69) is 5.92 Å². The second kappa shape index (κ2) is 6.36. The van der Waals surface area contributed by atoms with E-state index in [4.69, 9.17) is 16.3 Å². The van der Waals surface area contributed by atoms with Crippen molar-refractivity contribution in [2.75, 3.05) is 12.4 Å². The SMILES string of the molecule is C#CC(C)OCCS(=O)(=O)c1ccc(C(=O)O)cc1.